The number of aliphatic carboxylic acids is 1. The fourth-order valence-corrected chi connectivity index (χ4v) is 5.43. The summed E-state index contributed by atoms with van der Waals surface area (Å²) in [6.07, 6.45) is 2.39. The Morgan fingerprint density at radius 1 is 1.26 bits per heavy atom. The first-order valence-corrected chi connectivity index (χ1v) is 11.4. The molecule has 1 aliphatic rings. The van der Waals surface area contributed by atoms with Gasteiger partial charge in [0.15, 0.2) is 17.4 Å². The van der Waals surface area contributed by atoms with Crippen molar-refractivity contribution in [1.29, 1.82) is 0 Å². The number of benzene rings is 2. The highest BCUT2D eigenvalue weighted by Gasteiger charge is 2.42. The van der Waals surface area contributed by atoms with Crippen LogP contribution in [0.1, 0.15) is 43.9 Å². The van der Waals surface area contributed by atoms with Crippen LogP contribution < -0.4 is 4.74 Å². The first-order chi connectivity index (χ1) is 16.7. The molecule has 1 fully saturated rings. The summed E-state index contributed by atoms with van der Waals surface area (Å²) in [4.78, 5) is 11.6. The van der Waals surface area contributed by atoms with Crippen LogP contribution in [0, 0.1) is 17.6 Å². The Labute approximate surface area is 200 Å². The molecule has 2 aromatic heterocycles. The van der Waals surface area contributed by atoms with Crippen molar-refractivity contribution in [2.24, 2.45) is 5.92 Å². The maximum atomic E-state index is 16.1. The summed E-state index contributed by atoms with van der Waals surface area (Å²) in [6, 6.07) is 6.40. The maximum absolute atomic E-state index is 16.1. The maximum Gasteiger partial charge on any atom is 0.306 e. The molecular weight excluding hydrogens is 456 g/mol. The average molecular weight is 484 g/mol. The zero-order chi connectivity index (χ0) is 25.1. The number of rotatable bonds is 7. The van der Waals surface area contributed by atoms with E-state index in [1.807, 2.05) is 24.5 Å². The van der Waals surface area contributed by atoms with Crippen LogP contribution in [0.3, 0.4) is 0 Å². The number of nitrogens with zero attached hydrogens (tertiary/aromatic N) is 2. The summed E-state index contributed by atoms with van der Waals surface area (Å²) >= 11 is 0. The topological polar surface area (TPSA) is 89.4 Å². The van der Waals surface area contributed by atoms with E-state index in [4.69, 9.17) is 9.47 Å². The second-order valence-electron chi connectivity index (χ2n) is 9.86. The second kappa shape index (κ2) is 8.34. The third-order valence-corrected chi connectivity index (χ3v) is 7.08. The van der Waals surface area contributed by atoms with E-state index >= 15 is 4.39 Å². The van der Waals surface area contributed by atoms with Gasteiger partial charge in [-0.15, -0.1) is 0 Å². The molecule has 35 heavy (non-hydrogen) atoms. The Kier molecular flexibility index (Phi) is 5.55. The van der Waals surface area contributed by atoms with Crippen molar-refractivity contribution >= 4 is 27.8 Å². The van der Waals surface area contributed by atoms with Crippen molar-refractivity contribution in [1.82, 2.24) is 14.8 Å². The lowest BCUT2D eigenvalue weighted by atomic mass is 9.68. The Balaban J connectivity index is 1.90. The first-order valence-electron chi connectivity index (χ1n) is 11.4. The number of hydrogen-bond acceptors (Lipinski definition) is 4. The monoisotopic (exact) mass is 483 g/mol. The number of aromatic nitrogens is 3. The highest BCUT2D eigenvalue weighted by molar-refractivity contribution is 6.00. The molecule has 1 aliphatic carbocycles. The molecule has 0 atom stereocenters. The molecule has 0 unspecified atom stereocenters. The molecule has 2 aromatic carbocycles. The quantitative estimate of drug-likeness (QED) is 0.373. The van der Waals surface area contributed by atoms with Crippen LogP contribution in [0.5, 0.6) is 5.75 Å². The Morgan fingerprint density at radius 2 is 2.00 bits per heavy atom. The van der Waals surface area contributed by atoms with Crippen molar-refractivity contribution in [2.75, 3.05) is 20.8 Å². The highest BCUT2D eigenvalue weighted by atomic mass is 19.1. The lowest BCUT2D eigenvalue weighted by molar-refractivity contribution is -0.145. The number of aromatic amines is 1. The van der Waals surface area contributed by atoms with E-state index in [-0.39, 0.29) is 17.2 Å². The van der Waals surface area contributed by atoms with Gasteiger partial charge >= 0.3 is 5.97 Å². The molecule has 0 aliphatic heterocycles. The van der Waals surface area contributed by atoms with E-state index in [0.717, 1.165) is 11.3 Å². The van der Waals surface area contributed by atoms with Crippen LogP contribution in [0.2, 0.25) is 0 Å². The molecule has 9 heteroatoms. The molecule has 0 amide bonds. The molecule has 0 spiro atoms. The minimum atomic E-state index is -0.845. The summed E-state index contributed by atoms with van der Waals surface area (Å²) in [5.41, 5.74) is 2.47. The van der Waals surface area contributed by atoms with Gasteiger partial charge in [-0.1, -0.05) is 13.8 Å². The number of ether oxygens (including phenoxy) is 2. The van der Waals surface area contributed by atoms with Gasteiger partial charge in [0.2, 0.25) is 0 Å². The molecule has 184 valence electrons. The Hall–Kier alpha value is -3.46. The van der Waals surface area contributed by atoms with Crippen LogP contribution >= 0.6 is 0 Å². The lowest BCUT2D eigenvalue weighted by Crippen LogP contribution is -2.33. The second-order valence-corrected chi connectivity index (χ2v) is 9.86. The molecule has 2 N–H and O–H groups in total. The van der Waals surface area contributed by atoms with Gasteiger partial charge < -0.3 is 19.1 Å². The zero-order valence-corrected chi connectivity index (χ0v) is 20.0. The van der Waals surface area contributed by atoms with E-state index in [0.29, 0.717) is 41.4 Å². The smallest absolute Gasteiger partial charge is 0.306 e. The number of carbonyl (C=O) groups is 1. The average Bonchev–Trinajstić information content (AvgIpc) is 3.37. The van der Waals surface area contributed by atoms with E-state index in [2.05, 4.69) is 10.2 Å². The summed E-state index contributed by atoms with van der Waals surface area (Å²) < 4.78 is 43.1. The standard InChI is InChI=1S/C26H27F2N3O4/c1-26(2,12-34-3)24-20(13-7-14(8-13)25(32)33)21-18(9-15-11-29-30-23(15)22(21)28)31(24)16-5-6-17(27)19(10-16)35-4/h5-6,9-11,13-14H,7-8,12H2,1-4H3,(H,29,30)(H,32,33)/t13-,14-. The number of hydrogen-bond donors (Lipinski definition) is 2. The van der Waals surface area contributed by atoms with Crippen molar-refractivity contribution in [3.8, 4) is 11.4 Å². The highest BCUT2D eigenvalue weighted by Crippen LogP contribution is 2.51. The van der Waals surface area contributed by atoms with Crippen LogP contribution in [-0.4, -0.2) is 46.7 Å². The van der Waals surface area contributed by atoms with Gasteiger partial charge in [-0.05, 0) is 42.5 Å². The number of halogens is 2. The molecular formula is C26H27F2N3O4. The van der Waals surface area contributed by atoms with E-state index < -0.39 is 28.9 Å². The largest absolute Gasteiger partial charge is 0.494 e. The van der Waals surface area contributed by atoms with Crippen molar-refractivity contribution in [3.63, 3.8) is 0 Å². The molecule has 5 rings (SSSR count). The van der Waals surface area contributed by atoms with Gasteiger partial charge in [-0.2, -0.15) is 5.10 Å². The van der Waals surface area contributed by atoms with Gasteiger partial charge in [0.05, 0.1) is 31.3 Å². The van der Waals surface area contributed by atoms with Gasteiger partial charge in [0, 0.05) is 40.7 Å². The number of methoxy groups -OCH3 is 2. The molecule has 0 bridgehead atoms. The molecule has 4 aromatic rings. The predicted molar refractivity (Wildman–Crippen MR) is 127 cm³/mol. The third-order valence-electron chi connectivity index (χ3n) is 7.08. The SMILES string of the molecule is COCC(C)(C)c1c([C@H]2C[C@H](C(=O)O)C2)c2c(F)c3[nH]ncc3cc2n1-c1ccc(F)c(OC)c1. The van der Waals surface area contributed by atoms with Gasteiger partial charge in [-0.3, -0.25) is 9.89 Å². The van der Waals surface area contributed by atoms with Crippen molar-refractivity contribution < 1.29 is 28.2 Å². The number of H-pyrrole nitrogens is 1. The number of fused-ring (bicyclic) bond motifs is 2. The zero-order valence-electron chi connectivity index (χ0n) is 20.0. The molecule has 2 heterocycles. The normalized spacial score (nSPS) is 18.2. The van der Waals surface area contributed by atoms with Gasteiger partial charge in [0.1, 0.15) is 5.52 Å². The summed E-state index contributed by atoms with van der Waals surface area (Å²) in [5, 5.41) is 17.3. The fraction of sp³-hybridized carbons (Fsp3) is 0.385. The van der Waals surface area contributed by atoms with E-state index in [9.17, 15) is 14.3 Å². The molecule has 0 saturated heterocycles. The summed E-state index contributed by atoms with van der Waals surface area (Å²) in [7, 11) is 3.00. The Morgan fingerprint density at radius 3 is 2.66 bits per heavy atom. The van der Waals surface area contributed by atoms with Crippen LogP contribution in [0.25, 0.3) is 27.5 Å². The van der Waals surface area contributed by atoms with Crippen LogP contribution in [-0.2, 0) is 14.9 Å². The minimum absolute atomic E-state index is 0.0702. The van der Waals surface area contributed by atoms with Crippen LogP contribution in [0.4, 0.5) is 8.78 Å². The number of carboxylic acid groups (broad SMARTS) is 1. The number of nitrogens with one attached hydrogen (secondary N) is 1. The lowest BCUT2D eigenvalue weighted by Gasteiger charge is -2.36. The first kappa shape index (κ1) is 23.3. The number of carboxylic acids is 1. The van der Waals surface area contributed by atoms with Gasteiger partial charge in [-0.25, -0.2) is 8.78 Å². The van der Waals surface area contributed by atoms with Gasteiger partial charge in [0.25, 0.3) is 0 Å². The predicted octanol–water partition coefficient (Wildman–Crippen LogP) is 5.30. The fourth-order valence-electron chi connectivity index (χ4n) is 5.43. The summed E-state index contributed by atoms with van der Waals surface area (Å²) in [5.74, 6) is -2.34. The molecule has 0 radical (unpaired) electrons. The minimum Gasteiger partial charge on any atom is -0.494 e. The third kappa shape index (κ3) is 3.56. The molecule has 7 nitrogen and oxygen atoms in total. The van der Waals surface area contributed by atoms with E-state index in [1.165, 1.54) is 13.2 Å². The van der Waals surface area contributed by atoms with Crippen molar-refractivity contribution in [2.45, 2.75) is 38.0 Å². The van der Waals surface area contributed by atoms with Crippen molar-refractivity contribution in [3.05, 3.63) is 53.4 Å². The molecule has 1 saturated carbocycles. The van der Waals surface area contributed by atoms with Crippen LogP contribution in [0.15, 0.2) is 30.5 Å². The Bertz CT molecular complexity index is 1450. The van der Waals surface area contributed by atoms with E-state index in [1.54, 1.807) is 25.4 Å². The summed E-state index contributed by atoms with van der Waals surface area (Å²) in [6.45, 7) is 4.35.